The quantitative estimate of drug-likeness (QED) is 0.147. The van der Waals surface area contributed by atoms with E-state index < -0.39 is 11.7 Å². The molecule has 0 N–H and O–H groups in total. The maximum atomic E-state index is 14.6. The molecule has 0 radical (unpaired) electrons. The molecule has 0 aliphatic carbocycles. The summed E-state index contributed by atoms with van der Waals surface area (Å²) < 4.78 is 48.0. The van der Waals surface area contributed by atoms with Crippen molar-refractivity contribution in [3.8, 4) is 73.1 Å². The second kappa shape index (κ2) is 17.7. The van der Waals surface area contributed by atoms with Crippen LogP contribution in [0.25, 0.3) is 115 Å². The van der Waals surface area contributed by atoms with Gasteiger partial charge < -0.3 is 9.13 Å². The minimum atomic E-state index is -4.69. The number of rotatable bonds is 7. The Morgan fingerprint density at radius 1 is 0.405 bits per heavy atom. The third kappa shape index (κ3) is 7.87. The average Bonchev–Trinajstić information content (AvgIpc) is 3.96. The number of aryl methyl sites for hydroxylation is 4. The van der Waals surface area contributed by atoms with E-state index >= 15 is 0 Å². The van der Waals surface area contributed by atoms with Crippen molar-refractivity contribution >= 4 is 49.3 Å². The fraction of sp³-hybridized carbons (Fsp3) is 0.0746. The molecule has 4 nitrogen and oxygen atoms in total. The number of hydrogen-bond donors (Lipinski definition) is 0. The van der Waals surface area contributed by atoms with Crippen molar-refractivity contribution in [1.82, 2.24) is 9.13 Å². The summed E-state index contributed by atoms with van der Waals surface area (Å²) in [6.07, 6.45) is -4.69. The SMILES string of the molecule is [C-]#[N+]c1cc(C(F)(F)F)ccc1-c1c(-n2c3ccc(-c4ccc(C)cc4)cc3c3cc(-c4ccc(C)cc4)ccc32)cc(C#N)cc1-n1c2ccc(-c3ccc(C)cc3)cc2c2cc(-c3ccc(C)cc3)ccc21. The van der Waals surface area contributed by atoms with Crippen LogP contribution in [0.2, 0.25) is 0 Å². The molecule has 12 aromatic rings. The largest absolute Gasteiger partial charge is 0.415 e. The fourth-order valence-electron chi connectivity index (χ4n) is 10.6. The second-order valence-corrected chi connectivity index (χ2v) is 19.4. The summed E-state index contributed by atoms with van der Waals surface area (Å²) in [4.78, 5) is 3.83. The lowest BCUT2D eigenvalue weighted by molar-refractivity contribution is -0.137. The van der Waals surface area contributed by atoms with Crippen LogP contribution in [0.4, 0.5) is 18.9 Å². The third-order valence-corrected chi connectivity index (χ3v) is 14.5. The van der Waals surface area contributed by atoms with E-state index in [-0.39, 0.29) is 5.69 Å². The fourth-order valence-corrected chi connectivity index (χ4v) is 10.6. The minimum Gasteiger partial charge on any atom is -0.309 e. The summed E-state index contributed by atoms with van der Waals surface area (Å²) in [5, 5.41) is 14.9. The summed E-state index contributed by atoms with van der Waals surface area (Å²) in [7, 11) is 0. The molecule has 0 aliphatic heterocycles. The van der Waals surface area contributed by atoms with E-state index in [1.165, 1.54) is 6.07 Å². The van der Waals surface area contributed by atoms with Gasteiger partial charge in [-0.15, -0.1) is 0 Å². The molecule has 0 amide bonds. The molecule has 2 aromatic heterocycles. The van der Waals surface area contributed by atoms with Crippen molar-refractivity contribution < 1.29 is 13.2 Å². The minimum absolute atomic E-state index is 0.166. The zero-order chi connectivity index (χ0) is 51.0. The van der Waals surface area contributed by atoms with Crippen LogP contribution in [0.15, 0.2) is 200 Å². The Morgan fingerprint density at radius 3 is 1.00 bits per heavy atom. The summed E-state index contributed by atoms with van der Waals surface area (Å²) in [5.74, 6) is 0. The average molecular weight is 963 g/mol. The van der Waals surface area contributed by atoms with Gasteiger partial charge in [-0.3, -0.25) is 0 Å². The first-order valence-electron chi connectivity index (χ1n) is 24.5. The zero-order valence-electron chi connectivity index (χ0n) is 41.0. The molecule has 7 heteroatoms. The number of halogens is 3. The Hall–Kier alpha value is -9.43. The summed E-state index contributed by atoms with van der Waals surface area (Å²) in [6, 6.07) is 68.7. The van der Waals surface area contributed by atoms with Gasteiger partial charge in [0.2, 0.25) is 0 Å². The number of nitrogens with zero attached hydrogens (tertiary/aromatic N) is 4. The van der Waals surface area contributed by atoms with Gasteiger partial charge >= 0.3 is 6.18 Å². The first kappa shape index (κ1) is 45.7. The number of benzene rings is 10. The van der Waals surface area contributed by atoms with Crippen LogP contribution >= 0.6 is 0 Å². The molecule has 12 rings (SSSR count). The number of fused-ring (bicyclic) bond motifs is 6. The van der Waals surface area contributed by atoms with E-state index in [4.69, 9.17) is 6.57 Å². The van der Waals surface area contributed by atoms with Crippen LogP contribution < -0.4 is 0 Å². The molecule has 0 aliphatic rings. The van der Waals surface area contributed by atoms with Gasteiger partial charge in [-0.1, -0.05) is 156 Å². The predicted octanol–water partition coefficient (Wildman–Crippen LogP) is 18.9. The molecule has 0 saturated heterocycles. The lowest BCUT2D eigenvalue weighted by atomic mass is 9.95. The van der Waals surface area contributed by atoms with E-state index in [1.807, 2.05) is 12.1 Å². The van der Waals surface area contributed by atoms with E-state index in [0.29, 0.717) is 28.1 Å². The molecule has 0 saturated carbocycles. The Labute approximate surface area is 426 Å². The van der Waals surface area contributed by atoms with Crippen molar-refractivity contribution in [3.63, 3.8) is 0 Å². The smallest absolute Gasteiger partial charge is 0.309 e. The van der Waals surface area contributed by atoms with Crippen LogP contribution in [-0.4, -0.2) is 9.13 Å². The van der Waals surface area contributed by atoms with Crippen LogP contribution in [-0.2, 0) is 6.18 Å². The highest BCUT2D eigenvalue weighted by atomic mass is 19.4. The number of nitriles is 1. The van der Waals surface area contributed by atoms with E-state index in [9.17, 15) is 18.4 Å². The molecule has 0 spiro atoms. The Balaban J connectivity index is 1.21. The highest BCUT2D eigenvalue weighted by Crippen LogP contribution is 2.48. The van der Waals surface area contributed by atoms with Crippen LogP contribution in [0.1, 0.15) is 33.4 Å². The Bertz CT molecular complexity index is 3870. The normalized spacial score (nSPS) is 11.7. The summed E-state index contributed by atoms with van der Waals surface area (Å²) in [6.45, 7) is 16.8. The van der Waals surface area contributed by atoms with Crippen LogP contribution in [0.3, 0.4) is 0 Å². The number of hydrogen-bond acceptors (Lipinski definition) is 1. The van der Waals surface area contributed by atoms with Crippen molar-refractivity contribution in [3.05, 3.63) is 245 Å². The maximum Gasteiger partial charge on any atom is 0.415 e. The Kier molecular flexibility index (Phi) is 10.9. The lowest BCUT2D eigenvalue weighted by Gasteiger charge is -2.22. The molecule has 0 fully saturated rings. The lowest BCUT2D eigenvalue weighted by Crippen LogP contribution is -2.07. The van der Waals surface area contributed by atoms with Crippen molar-refractivity contribution in [1.29, 1.82) is 5.26 Å². The van der Waals surface area contributed by atoms with Crippen molar-refractivity contribution in [2.24, 2.45) is 0 Å². The first-order valence-corrected chi connectivity index (χ1v) is 24.5. The van der Waals surface area contributed by atoms with Gasteiger partial charge in [-0.05, 0) is 144 Å². The molecule has 74 heavy (non-hydrogen) atoms. The van der Waals surface area contributed by atoms with Gasteiger partial charge in [0.1, 0.15) is 0 Å². The zero-order valence-corrected chi connectivity index (χ0v) is 41.0. The predicted molar refractivity (Wildman–Crippen MR) is 297 cm³/mol. The monoisotopic (exact) mass is 962 g/mol. The second-order valence-electron chi connectivity index (χ2n) is 19.4. The first-order chi connectivity index (χ1) is 35.8. The standard InChI is InChI=1S/C67H45F3N4/c1-40-6-14-45(15-7-40)49-22-28-60-55(34-49)56-35-50(46-16-8-41(2)9-17-46)23-29-61(56)73(60)64-32-44(39-71)33-65(66(64)54-27-26-53(67(68,69)70)38-59(54)72-5)74-62-30-24-51(47-18-10-42(3)11-19-47)36-57(62)58-37-52(25-31-63(58)74)48-20-12-43(4)13-21-48/h6-38H,1-4H3. The molecular formula is C67H45F3N4. The highest BCUT2D eigenvalue weighted by molar-refractivity contribution is 6.15. The van der Waals surface area contributed by atoms with Gasteiger partial charge in [0, 0.05) is 32.7 Å². The van der Waals surface area contributed by atoms with Gasteiger partial charge in [0.05, 0.1) is 51.6 Å². The van der Waals surface area contributed by atoms with E-state index in [0.717, 1.165) is 123 Å². The van der Waals surface area contributed by atoms with E-state index in [2.05, 4.69) is 218 Å². The van der Waals surface area contributed by atoms with Gasteiger partial charge in [0.25, 0.3) is 0 Å². The molecule has 10 aromatic carbocycles. The number of alkyl halides is 3. The molecule has 0 unspecified atom stereocenters. The third-order valence-electron chi connectivity index (χ3n) is 14.5. The molecular weight excluding hydrogens is 918 g/mol. The van der Waals surface area contributed by atoms with Gasteiger partial charge in [-0.2, -0.15) is 18.4 Å². The van der Waals surface area contributed by atoms with Crippen molar-refractivity contribution in [2.45, 2.75) is 33.9 Å². The maximum absolute atomic E-state index is 14.6. The van der Waals surface area contributed by atoms with Gasteiger partial charge in [0.15, 0.2) is 5.69 Å². The molecule has 354 valence electrons. The highest BCUT2D eigenvalue weighted by Gasteiger charge is 2.32. The summed E-state index contributed by atoms with van der Waals surface area (Å²) in [5.41, 5.74) is 17.3. The van der Waals surface area contributed by atoms with Crippen LogP contribution in [0, 0.1) is 45.6 Å². The van der Waals surface area contributed by atoms with Crippen LogP contribution in [0.5, 0.6) is 0 Å². The molecule has 2 heterocycles. The topological polar surface area (TPSA) is 38.0 Å². The molecule has 0 atom stereocenters. The van der Waals surface area contributed by atoms with Crippen molar-refractivity contribution in [2.75, 3.05) is 0 Å². The summed E-state index contributed by atoms with van der Waals surface area (Å²) >= 11 is 0. The number of aromatic nitrogens is 2. The van der Waals surface area contributed by atoms with Gasteiger partial charge in [-0.25, -0.2) is 4.85 Å². The van der Waals surface area contributed by atoms with E-state index in [1.54, 1.807) is 0 Å². The molecule has 0 bridgehead atoms. The Morgan fingerprint density at radius 2 is 0.716 bits per heavy atom.